The maximum Gasteiger partial charge on any atom is 2.00 e. The fourth-order valence-electron chi connectivity index (χ4n) is 2.13. The first kappa shape index (κ1) is 19.9. The molecule has 3 nitrogen and oxygen atoms in total. The van der Waals surface area contributed by atoms with Crippen LogP contribution < -0.4 is 15.1 Å². The summed E-state index contributed by atoms with van der Waals surface area (Å²) in [5, 5.41) is -0.115. The minimum Gasteiger partial charge on any atom is -0.807 e. The van der Waals surface area contributed by atoms with Crippen LogP contribution in [-0.4, -0.2) is 0 Å². The van der Waals surface area contributed by atoms with Crippen molar-refractivity contribution in [3.8, 4) is 0 Å². The summed E-state index contributed by atoms with van der Waals surface area (Å²) in [6, 6.07) is 6.32. The maximum absolute atomic E-state index is 10.8. The summed E-state index contributed by atoms with van der Waals surface area (Å²) in [6.07, 6.45) is 9.80. The Balaban J connectivity index is 0.00000361. The van der Waals surface area contributed by atoms with Gasteiger partial charge >= 0.3 is 16.5 Å². The van der Waals surface area contributed by atoms with Crippen LogP contribution >= 0.6 is 7.60 Å². The molecule has 0 fully saturated rings. The van der Waals surface area contributed by atoms with Crippen LogP contribution in [0.5, 0.6) is 0 Å². The molecule has 5 heteroatoms. The summed E-state index contributed by atoms with van der Waals surface area (Å²) in [6.45, 7) is 2.21. The van der Waals surface area contributed by atoms with E-state index in [0.717, 1.165) is 18.4 Å². The Bertz CT molecular complexity index is 400. The molecule has 0 saturated carbocycles. The van der Waals surface area contributed by atoms with Crippen LogP contribution in [0.25, 0.3) is 0 Å². The SMILES string of the molecule is CCCCCCCCCc1ccc(P(=O)([O-])[O-])cc1.[Ni+2]. The van der Waals surface area contributed by atoms with Gasteiger partial charge in [0.25, 0.3) is 0 Å². The Morgan fingerprint density at radius 3 is 1.90 bits per heavy atom. The molecule has 116 valence electrons. The molecule has 1 aromatic rings. The van der Waals surface area contributed by atoms with Crippen LogP contribution in [0.1, 0.15) is 57.4 Å². The first-order valence-corrected chi connectivity index (χ1v) is 8.70. The summed E-state index contributed by atoms with van der Waals surface area (Å²) >= 11 is 0. The summed E-state index contributed by atoms with van der Waals surface area (Å²) in [4.78, 5) is 21.6. The number of benzene rings is 1. The molecule has 1 rings (SSSR count). The molecule has 20 heavy (non-hydrogen) atoms. The van der Waals surface area contributed by atoms with Crippen molar-refractivity contribution in [3.63, 3.8) is 0 Å². The molecule has 0 aliphatic heterocycles. The second kappa shape index (κ2) is 10.6. The molecule has 0 bridgehead atoms. The van der Waals surface area contributed by atoms with Crippen LogP contribution in [0.3, 0.4) is 0 Å². The zero-order chi connectivity index (χ0) is 14.1. The minimum absolute atomic E-state index is 0. The van der Waals surface area contributed by atoms with E-state index in [1.54, 1.807) is 12.1 Å². The van der Waals surface area contributed by atoms with Crippen molar-refractivity contribution >= 4 is 12.9 Å². The predicted molar refractivity (Wildman–Crippen MR) is 75.4 cm³/mol. The molecule has 0 unspecified atom stereocenters. The van der Waals surface area contributed by atoms with Gasteiger partial charge in [-0.2, -0.15) is 0 Å². The number of hydrogen-bond donors (Lipinski definition) is 0. The standard InChI is InChI=1S/C15H25O3P.Ni/c1-2-3-4-5-6-7-8-9-14-10-12-15(13-11-14)19(16,17)18;/h10-13H,2-9H2,1H3,(H2,16,17,18);/q;+2/p-2. The molecule has 0 aliphatic carbocycles. The smallest absolute Gasteiger partial charge is 0.807 e. The van der Waals surface area contributed by atoms with Gasteiger partial charge in [0, 0.05) is 0 Å². The van der Waals surface area contributed by atoms with Gasteiger partial charge in [0.1, 0.15) is 0 Å². The first-order chi connectivity index (χ1) is 9.04. The molecule has 0 amide bonds. The number of unbranched alkanes of at least 4 members (excludes halogenated alkanes) is 6. The van der Waals surface area contributed by atoms with Crippen LogP contribution in [-0.2, 0) is 27.5 Å². The molecule has 0 N–H and O–H groups in total. The van der Waals surface area contributed by atoms with Gasteiger partial charge in [0.2, 0.25) is 0 Å². The second-order valence-electron chi connectivity index (χ2n) is 5.04. The summed E-state index contributed by atoms with van der Waals surface area (Å²) in [7, 11) is -4.59. The van der Waals surface area contributed by atoms with Gasteiger partial charge in [-0.05, 0) is 31.3 Å². The fraction of sp³-hybridized carbons (Fsp3) is 0.600. The summed E-state index contributed by atoms with van der Waals surface area (Å²) in [5.41, 5.74) is 1.10. The van der Waals surface area contributed by atoms with Gasteiger partial charge in [-0.3, -0.25) is 0 Å². The monoisotopic (exact) mass is 340 g/mol. The molecule has 0 radical (unpaired) electrons. The molecule has 1 aromatic carbocycles. The molecule has 0 aromatic heterocycles. The van der Waals surface area contributed by atoms with E-state index >= 15 is 0 Å². The van der Waals surface area contributed by atoms with Gasteiger partial charge in [-0.1, -0.05) is 69.7 Å². The number of rotatable bonds is 9. The Kier molecular flexibility index (Phi) is 10.5. The topological polar surface area (TPSA) is 63.2 Å². The van der Waals surface area contributed by atoms with Crippen molar-refractivity contribution in [3.05, 3.63) is 29.8 Å². The number of hydrogen-bond acceptors (Lipinski definition) is 3. The molecule has 0 spiro atoms. The maximum atomic E-state index is 10.8. The minimum atomic E-state index is -4.59. The Morgan fingerprint density at radius 2 is 1.40 bits per heavy atom. The van der Waals surface area contributed by atoms with E-state index < -0.39 is 7.60 Å². The van der Waals surface area contributed by atoms with Crippen LogP contribution in [0.4, 0.5) is 0 Å². The molecule has 0 aliphatic rings. The average molecular weight is 341 g/mol. The van der Waals surface area contributed by atoms with Crippen LogP contribution in [0.2, 0.25) is 0 Å². The fourth-order valence-corrected chi connectivity index (χ4v) is 2.65. The zero-order valence-electron chi connectivity index (χ0n) is 12.0. The molecular weight excluding hydrogens is 318 g/mol. The Morgan fingerprint density at radius 1 is 0.900 bits per heavy atom. The average Bonchev–Trinajstić information content (AvgIpc) is 2.37. The predicted octanol–water partition coefficient (Wildman–Crippen LogP) is 2.52. The van der Waals surface area contributed by atoms with Crippen molar-refractivity contribution in [2.75, 3.05) is 0 Å². The van der Waals surface area contributed by atoms with E-state index in [1.807, 2.05) is 0 Å². The number of aryl methyl sites for hydroxylation is 1. The molecule has 0 atom stereocenters. The normalized spacial score (nSPS) is 11.2. The zero-order valence-corrected chi connectivity index (χ0v) is 13.8. The molecule has 0 heterocycles. The van der Waals surface area contributed by atoms with Crippen molar-refractivity contribution < 1.29 is 30.8 Å². The third kappa shape index (κ3) is 8.22. The van der Waals surface area contributed by atoms with Gasteiger partial charge in [-0.15, -0.1) is 0 Å². The second-order valence-corrected chi connectivity index (χ2v) is 6.55. The van der Waals surface area contributed by atoms with Crippen LogP contribution in [0.15, 0.2) is 24.3 Å². The van der Waals surface area contributed by atoms with Crippen molar-refractivity contribution in [2.24, 2.45) is 0 Å². The Hall–Kier alpha value is -0.136. The first-order valence-electron chi connectivity index (χ1n) is 7.15. The van der Waals surface area contributed by atoms with E-state index in [0.29, 0.717) is 0 Å². The summed E-state index contributed by atoms with van der Waals surface area (Å²) in [5.74, 6) is 0. The third-order valence-electron chi connectivity index (χ3n) is 3.32. The van der Waals surface area contributed by atoms with E-state index in [1.165, 1.54) is 50.7 Å². The van der Waals surface area contributed by atoms with Gasteiger partial charge in [0.05, 0.1) is 0 Å². The van der Waals surface area contributed by atoms with E-state index in [-0.39, 0.29) is 21.8 Å². The quantitative estimate of drug-likeness (QED) is 0.394. The molecular formula is C15H23NiO3P. The van der Waals surface area contributed by atoms with E-state index in [4.69, 9.17) is 0 Å². The molecule has 0 saturated heterocycles. The Labute approximate surface area is 132 Å². The third-order valence-corrected chi connectivity index (χ3v) is 4.25. The van der Waals surface area contributed by atoms with Crippen molar-refractivity contribution in [1.29, 1.82) is 0 Å². The van der Waals surface area contributed by atoms with E-state index in [9.17, 15) is 14.4 Å². The van der Waals surface area contributed by atoms with Gasteiger partial charge < -0.3 is 14.4 Å². The van der Waals surface area contributed by atoms with Crippen LogP contribution in [0, 0.1) is 0 Å². The van der Waals surface area contributed by atoms with Gasteiger partial charge in [0.15, 0.2) is 0 Å². The van der Waals surface area contributed by atoms with Gasteiger partial charge in [-0.25, -0.2) is 0 Å². The van der Waals surface area contributed by atoms with Crippen molar-refractivity contribution in [2.45, 2.75) is 58.3 Å². The summed E-state index contributed by atoms with van der Waals surface area (Å²) < 4.78 is 10.8. The van der Waals surface area contributed by atoms with Crippen molar-refractivity contribution in [1.82, 2.24) is 0 Å². The largest absolute Gasteiger partial charge is 2.00 e. The van der Waals surface area contributed by atoms with E-state index in [2.05, 4.69) is 6.92 Å².